The number of carbonyl (C=O) groups excluding carboxylic acids is 1. The molecular weight excluding hydrogens is 326 g/mol. The Bertz CT molecular complexity index is 624. The molecule has 24 heavy (non-hydrogen) atoms. The van der Waals surface area contributed by atoms with Crippen molar-refractivity contribution in [2.24, 2.45) is 0 Å². The first-order valence-electron chi connectivity index (χ1n) is 8.45. The van der Waals surface area contributed by atoms with Gasteiger partial charge in [0.25, 0.3) is 0 Å². The molecule has 1 aromatic carbocycles. The van der Waals surface area contributed by atoms with E-state index in [4.69, 9.17) is 0 Å². The number of piperazine rings is 1. The average molecular weight is 353 g/mol. The van der Waals surface area contributed by atoms with Crippen molar-refractivity contribution in [1.29, 1.82) is 0 Å². The SMILES string of the molecule is CC(C)NC(=O)N1CCN(S(=O)(=O)CCCc2ccccc2)CC1. The molecule has 1 fully saturated rings. The Labute approximate surface area is 144 Å². The smallest absolute Gasteiger partial charge is 0.317 e. The van der Waals surface area contributed by atoms with E-state index in [0.717, 1.165) is 12.0 Å². The third-order valence-corrected chi connectivity index (χ3v) is 6.00. The molecule has 0 bridgehead atoms. The van der Waals surface area contributed by atoms with E-state index in [9.17, 15) is 13.2 Å². The van der Waals surface area contributed by atoms with E-state index in [-0.39, 0.29) is 17.8 Å². The summed E-state index contributed by atoms with van der Waals surface area (Å²) in [5.41, 5.74) is 1.16. The second-order valence-corrected chi connectivity index (χ2v) is 8.48. The molecule has 7 heteroatoms. The second-order valence-electron chi connectivity index (χ2n) is 6.40. The molecule has 1 aromatic rings. The summed E-state index contributed by atoms with van der Waals surface area (Å²) in [4.78, 5) is 13.6. The summed E-state index contributed by atoms with van der Waals surface area (Å²) >= 11 is 0. The number of nitrogens with one attached hydrogen (secondary N) is 1. The molecule has 1 aliphatic rings. The average Bonchev–Trinajstić information content (AvgIpc) is 2.55. The zero-order chi connectivity index (χ0) is 17.6. The highest BCUT2D eigenvalue weighted by Crippen LogP contribution is 2.11. The molecule has 0 aromatic heterocycles. The van der Waals surface area contributed by atoms with Crippen molar-refractivity contribution in [3.8, 4) is 0 Å². The lowest BCUT2D eigenvalue weighted by Gasteiger charge is -2.34. The maximum absolute atomic E-state index is 12.4. The quantitative estimate of drug-likeness (QED) is 0.846. The number of rotatable bonds is 6. The maximum atomic E-state index is 12.4. The van der Waals surface area contributed by atoms with Crippen LogP contribution < -0.4 is 5.32 Å². The van der Waals surface area contributed by atoms with Crippen LogP contribution in [0.15, 0.2) is 30.3 Å². The van der Waals surface area contributed by atoms with Crippen LogP contribution in [0, 0.1) is 0 Å². The van der Waals surface area contributed by atoms with Gasteiger partial charge in [0, 0.05) is 32.2 Å². The number of benzene rings is 1. The zero-order valence-corrected chi connectivity index (χ0v) is 15.3. The number of nitrogens with zero attached hydrogens (tertiary/aromatic N) is 2. The molecule has 0 aliphatic carbocycles. The van der Waals surface area contributed by atoms with Crippen LogP contribution in [0.3, 0.4) is 0 Å². The van der Waals surface area contributed by atoms with Crippen LogP contribution in [-0.2, 0) is 16.4 Å². The molecule has 1 aliphatic heterocycles. The standard InChI is InChI=1S/C17H27N3O3S/c1-15(2)18-17(21)19-10-12-20(13-11-19)24(22,23)14-6-9-16-7-4-3-5-8-16/h3-5,7-8,15H,6,9-14H2,1-2H3,(H,18,21). The minimum absolute atomic E-state index is 0.0808. The molecule has 2 amide bonds. The van der Waals surface area contributed by atoms with Crippen molar-refractivity contribution in [3.05, 3.63) is 35.9 Å². The van der Waals surface area contributed by atoms with Gasteiger partial charge in [-0.3, -0.25) is 0 Å². The molecule has 1 N–H and O–H groups in total. The molecule has 0 radical (unpaired) electrons. The van der Waals surface area contributed by atoms with E-state index in [0.29, 0.717) is 32.6 Å². The lowest BCUT2D eigenvalue weighted by atomic mass is 10.1. The third-order valence-electron chi connectivity index (χ3n) is 4.04. The number of amides is 2. The molecule has 134 valence electrons. The van der Waals surface area contributed by atoms with Gasteiger partial charge in [0.2, 0.25) is 10.0 Å². The highest BCUT2D eigenvalue weighted by atomic mass is 32.2. The summed E-state index contributed by atoms with van der Waals surface area (Å²) < 4.78 is 26.4. The summed E-state index contributed by atoms with van der Waals surface area (Å²) in [5.74, 6) is 0.153. The summed E-state index contributed by atoms with van der Waals surface area (Å²) in [7, 11) is -3.25. The van der Waals surface area contributed by atoms with Gasteiger partial charge in [-0.1, -0.05) is 30.3 Å². The highest BCUT2D eigenvalue weighted by molar-refractivity contribution is 7.89. The molecule has 2 rings (SSSR count). The van der Waals surface area contributed by atoms with Crippen LogP contribution >= 0.6 is 0 Å². The van der Waals surface area contributed by atoms with E-state index in [2.05, 4.69) is 5.32 Å². The lowest BCUT2D eigenvalue weighted by molar-refractivity contribution is 0.170. The van der Waals surface area contributed by atoms with Gasteiger partial charge in [-0.05, 0) is 32.3 Å². The lowest BCUT2D eigenvalue weighted by Crippen LogP contribution is -2.54. The van der Waals surface area contributed by atoms with Gasteiger partial charge in [-0.25, -0.2) is 13.2 Å². The van der Waals surface area contributed by atoms with Gasteiger partial charge >= 0.3 is 6.03 Å². The number of hydrogen-bond donors (Lipinski definition) is 1. The molecule has 0 unspecified atom stereocenters. The molecule has 1 saturated heterocycles. The van der Waals surface area contributed by atoms with Crippen LogP contribution in [0.5, 0.6) is 0 Å². The Morgan fingerprint density at radius 2 is 1.75 bits per heavy atom. The first-order valence-corrected chi connectivity index (χ1v) is 10.1. The predicted molar refractivity (Wildman–Crippen MR) is 95.4 cm³/mol. The fourth-order valence-corrected chi connectivity index (χ4v) is 4.23. The summed E-state index contributed by atoms with van der Waals surface area (Å²) in [6.07, 6.45) is 1.37. The maximum Gasteiger partial charge on any atom is 0.317 e. The molecule has 6 nitrogen and oxygen atoms in total. The Morgan fingerprint density at radius 3 is 2.33 bits per heavy atom. The van der Waals surface area contributed by atoms with Gasteiger partial charge in [0.05, 0.1) is 5.75 Å². The number of aryl methyl sites for hydroxylation is 1. The Balaban J connectivity index is 1.78. The largest absolute Gasteiger partial charge is 0.336 e. The first kappa shape index (κ1) is 18.7. The van der Waals surface area contributed by atoms with Crippen molar-refractivity contribution in [2.75, 3.05) is 31.9 Å². The summed E-state index contributed by atoms with van der Waals surface area (Å²) in [5, 5.41) is 2.84. The van der Waals surface area contributed by atoms with Crippen molar-refractivity contribution < 1.29 is 13.2 Å². The van der Waals surface area contributed by atoms with E-state index in [1.54, 1.807) is 4.90 Å². The van der Waals surface area contributed by atoms with Crippen LogP contribution in [0.1, 0.15) is 25.8 Å². The minimum atomic E-state index is -3.25. The van der Waals surface area contributed by atoms with Gasteiger partial charge < -0.3 is 10.2 Å². The third kappa shape index (κ3) is 5.49. The van der Waals surface area contributed by atoms with Gasteiger partial charge in [0.1, 0.15) is 0 Å². The van der Waals surface area contributed by atoms with E-state index >= 15 is 0 Å². The second kappa shape index (κ2) is 8.48. The summed E-state index contributed by atoms with van der Waals surface area (Å²) in [6, 6.07) is 9.87. The molecule has 0 spiro atoms. The minimum Gasteiger partial charge on any atom is -0.336 e. The van der Waals surface area contributed by atoms with Crippen molar-refractivity contribution in [1.82, 2.24) is 14.5 Å². The van der Waals surface area contributed by atoms with Crippen LogP contribution in [0.2, 0.25) is 0 Å². The number of sulfonamides is 1. The summed E-state index contributed by atoms with van der Waals surface area (Å²) in [6.45, 7) is 5.45. The number of urea groups is 1. The normalized spacial score (nSPS) is 16.4. The van der Waals surface area contributed by atoms with Crippen LogP contribution in [0.4, 0.5) is 4.79 Å². The molecule has 0 atom stereocenters. The van der Waals surface area contributed by atoms with Crippen LogP contribution in [-0.4, -0.2) is 61.6 Å². The fraction of sp³-hybridized carbons (Fsp3) is 0.588. The molecular formula is C17H27N3O3S. The molecule has 1 heterocycles. The Kier molecular flexibility index (Phi) is 6.62. The predicted octanol–water partition coefficient (Wildman–Crippen LogP) is 1.68. The van der Waals surface area contributed by atoms with Gasteiger partial charge in [-0.2, -0.15) is 4.31 Å². The van der Waals surface area contributed by atoms with Gasteiger partial charge in [-0.15, -0.1) is 0 Å². The number of carbonyl (C=O) groups is 1. The topological polar surface area (TPSA) is 69.7 Å². The van der Waals surface area contributed by atoms with E-state index in [1.165, 1.54) is 4.31 Å². The van der Waals surface area contributed by atoms with Crippen molar-refractivity contribution in [2.45, 2.75) is 32.7 Å². The van der Waals surface area contributed by atoms with Crippen molar-refractivity contribution in [3.63, 3.8) is 0 Å². The van der Waals surface area contributed by atoms with Crippen molar-refractivity contribution >= 4 is 16.1 Å². The van der Waals surface area contributed by atoms with E-state index in [1.807, 2.05) is 44.2 Å². The first-order chi connectivity index (χ1) is 11.4. The van der Waals surface area contributed by atoms with Crippen LogP contribution in [0.25, 0.3) is 0 Å². The Hall–Kier alpha value is -1.60. The molecule has 0 saturated carbocycles. The zero-order valence-electron chi connectivity index (χ0n) is 14.4. The van der Waals surface area contributed by atoms with E-state index < -0.39 is 10.0 Å². The fourth-order valence-electron chi connectivity index (χ4n) is 2.74. The van der Waals surface area contributed by atoms with Gasteiger partial charge in [0.15, 0.2) is 0 Å². The number of hydrogen-bond acceptors (Lipinski definition) is 3. The highest BCUT2D eigenvalue weighted by Gasteiger charge is 2.28. The Morgan fingerprint density at radius 1 is 1.12 bits per heavy atom. The monoisotopic (exact) mass is 353 g/mol.